The highest BCUT2D eigenvalue weighted by atomic mass is 35.5. The van der Waals surface area contributed by atoms with Crippen LogP contribution in [0.25, 0.3) is 0 Å². The van der Waals surface area contributed by atoms with Gasteiger partial charge >= 0.3 is 12.1 Å². The first-order chi connectivity index (χ1) is 14.7. The number of carbonyl (C=O) groups excluding carboxylic acids is 2. The Morgan fingerprint density at radius 2 is 1.69 bits per heavy atom. The Morgan fingerprint density at radius 1 is 1.03 bits per heavy atom. The first-order valence-electron chi connectivity index (χ1n) is 9.57. The Bertz CT molecular complexity index is 817. The standard InChI is InChI=1S/C12H16ClNO3.C10H12ClNO2.ClH/c1-14(2)7-8-16-12(15)9-17-11-5-3-10(13)4-6-11;1-7(2)14-10(13)12-9-5-3-4-8(11)6-9;/h3-6H,7-9H2,1-2H3;3-7H,1-2H3,(H,12,13);1H. The first kappa shape index (κ1) is 29.8. The minimum Gasteiger partial charge on any atom is -0.482 e. The van der Waals surface area contributed by atoms with Crippen molar-refractivity contribution in [2.45, 2.75) is 20.0 Å². The molecular formula is C22H29Cl3N2O5. The Kier molecular flexibility index (Phi) is 15.3. The fourth-order valence-electron chi connectivity index (χ4n) is 1.98. The van der Waals surface area contributed by atoms with Crippen LogP contribution < -0.4 is 10.1 Å². The van der Waals surface area contributed by atoms with Gasteiger partial charge in [0.05, 0.1) is 6.10 Å². The van der Waals surface area contributed by atoms with E-state index in [1.165, 1.54) is 0 Å². The van der Waals surface area contributed by atoms with Gasteiger partial charge in [0, 0.05) is 22.3 Å². The second-order valence-electron chi connectivity index (χ2n) is 6.86. The van der Waals surface area contributed by atoms with Crippen LogP contribution in [0.1, 0.15) is 13.8 Å². The molecule has 0 spiro atoms. The van der Waals surface area contributed by atoms with Gasteiger partial charge in [0.2, 0.25) is 0 Å². The molecule has 0 aliphatic carbocycles. The average Bonchev–Trinajstić information content (AvgIpc) is 2.67. The van der Waals surface area contributed by atoms with E-state index in [9.17, 15) is 9.59 Å². The molecule has 1 amide bonds. The number of hydrogen-bond acceptors (Lipinski definition) is 6. The van der Waals surface area contributed by atoms with Crippen molar-refractivity contribution >= 4 is 53.4 Å². The number of nitrogens with one attached hydrogen (secondary N) is 1. The largest absolute Gasteiger partial charge is 0.482 e. The van der Waals surface area contributed by atoms with Gasteiger partial charge in [0.25, 0.3) is 0 Å². The molecule has 0 fully saturated rings. The summed E-state index contributed by atoms with van der Waals surface area (Å²) in [5.74, 6) is 0.223. The van der Waals surface area contributed by atoms with E-state index >= 15 is 0 Å². The smallest absolute Gasteiger partial charge is 0.411 e. The third-order valence-corrected chi connectivity index (χ3v) is 3.87. The number of ether oxygens (including phenoxy) is 3. The molecule has 0 saturated carbocycles. The van der Waals surface area contributed by atoms with E-state index in [1.54, 1.807) is 62.4 Å². The van der Waals surface area contributed by atoms with E-state index in [1.807, 2.05) is 19.0 Å². The summed E-state index contributed by atoms with van der Waals surface area (Å²) < 4.78 is 15.1. The van der Waals surface area contributed by atoms with Crippen molar-refractivity contribution in [3.8, 4) is 5.75 Å². The number of esters is 1. The Labute approximate surface area is 205 Å². The Balaban J connectivity index is 0.000000592. The van der Waals surface area contributed by atoms with E-state index in [-0.39, 0.29) is 31.1 Å². The topological polar surface area (TPSA) is 77.1 Å². The normalized spacial score (nSPS) is 9.88. The molecular weight excluding hydrogens is 479 g/mol. The molecule has 0 aromatic heterocycles. The van der Waals surface area contributed by atoms with Gasteiger partial charge in [-0.15, -0.1) is 12.4 Å². The molecule has 0 atom stereocenters. The van der Waals surface area contributed by atoms with Crippen molar-refractivity contribution in [1.82, 2.24) is 4.90 Å². The zero-order valence-corrected chi connectivity index (χ0v) is 20.8. The number of halogens is 3. The third kappa shape index (κ3) is 14.8. The van der Waals surface area contributed by atoms with E-state index in [2.05, 4.69) is 5.32 Å². The van der Waals surface area contributed by atoms with Gasteiger partial charge in [-0.25, -0.2) is 9.59 Å². The number of amides is 1. The molecule has 0 aliphatic rings. The first-order valence-corrected chi connectivity index (χ1v) is 10.3. The lowest BCUT2D eigenvalue weighted by Crippen LogP contribution is -2.22. The summed E-state index contributed by atoms with van der Waals surface area (Å²) in [7, 11) is 3.83. The maximum atomic E-state index is 11.3. The van der Waals surface area contributed by atoms with E-state index in [0.717, 1.165) is 0 Å². The SMILES string of the molecule is CC(C)OC(=O)Nc1cccc(Cl)c1.CN(C)CCOC(=O)COc1ccc(Cl)cc1.Cl. The minimum atomic E-state index is -0.470. The predicted octanol–water partition coefficient (Wildman–Crippen LogP) is 5.54. The number of rotatable bonds is 8. The third-order valence-electron chi connectivity index (χ3n) is 3.39. The van der Waals surface area contributed by atoms with Gasteiger partial charge in [0.15, 0.2) is 6.61 Å². The van der Waals surface area contributed by atoms with Crippen LogP contribution >= 0.6 is 35.6 Å². The molecule has 0 radical (unpaired) electrons. The van der Waals surface area contributed by atoms with Crippen molar-refractivity contribution in [2.24, 2.45) is 0 Å². The van der Waals surface area contributed by atoms with Crippen molar-refractivity contribution in [1.29, 1.82) is 0 Å². The van der Waals surface area contributed by atoms with E-state index < -0.39 is 6.09 Å². The second kappa shape index (κ2) is 16.4. The highest BCUT2D eigenvalue weighted by Crippen LogP contribution is 2.16. The van der Waals surface area contributed by atoms with E-state index in [4.69, 9.17) is 37.4 Å². The maximum absolute atomic E-state index is 11.3. The molecule has 0 saturated heterocycles. The van der Waals surface area contributed by atoms with Crippen molar-refractivity contribution in [2.75, 3.05) is 39.2 Å². The molecule has 32 heavy (non-hydrogen) atoms. The molecule has 7 nitrogen and oxygen atoms in total. The quantitative estimate of drug-likeness (QED) is 0.473. The zero-order valence-electron chi connectivity index (χ0n) is 18.5. The number of nitrogens with zero attached hydrogens (tertiary/aromatic N) is 1. The second-order valence-corrected chi connectivity index (χ2v) is 7.73. The summed E-state index contributed by atoms with van der Waals surface area (Å²) in [4.78, 5) is 24.4. The van der Waals surface area contributed by atoms with Crippen LogP contribution in [0.3, 0.4) is 0 Å². The fourth-order valence-corrected chi connectivity index (χ4v) is 2.30. The van der Waals surface area contributed by atoms with Crippen LogP contribution in [0.4, 0.5) is 10.5 Å². The van der Waals surface area contributed by atoms with Gasteiger partial charge in [-0.1, -0.05) is 29.3 Å². The lowest BCUT2D eigenvalue weighted by Gasteiger charge is -2.10. The molecule has 178 valence electrons. The predicted molar refractivity (Wildman–Crippen MR) is 130 cm³/mol. The summed E-state index contributed by atoms with van der Waals surface area (Å²) in [5.41, 5.74) is 0.628. The van der Waals surface area contributed by atoms with Gasteiger partial charge < -0.3 is 19.1 Å². The molecule has 0 bridgehead atoms. The summed E-state index contributed by atoms with van der Waals surface area (Å²) in [6.07, 6.45) is -0.601. The summed E-state index contributed by atoms with van der Waals surface area (Å²) in [5, 5.41) is 3.78. The molecule has 10 heteroatoms. The van der Waals surface area contributed by atoms with Crippen LogP contribution in [0, 0.1) is 0 Å². The summed E-state index contributed by atoms with van der Waals surface area (Å²) in [6, 6.07) is 13.7. The van der Waals surface area contributed by atoms with Gasteiger partial charge in [-0.2, -0.15) is 0 Å². The van der Waals surface area contributed by atoms with Crippen LogP contribution in [0.5, 0.6) is 5.75 Å². The number of carbonyl (C=O) groups is 2. The van der Waals surface area contributed by atoms with Crippen molar-refractivity contribution in [3.63, 3.8) is 0 Å². The van der Waals surface area contributed by atoms with Crippen molar-refractivity contribution < 1.29 is 23.8 Å². The number of anilines is 1. The average molecular weight is 508 g/mol. The zero-order chi connectivity index (χ0) is 23.2. The van der Waals surface area contributed by atoms with Gasteiger partial charge in [0.1, 0.15) is 12.4 Å². The molecule has 2 aromatic rings. The minimum absolute atomic E-state index is 0. The van der Waals surface area contributed by atoms with Gasteiger partial charge in [-0.3, -0.25) is 5.32 Å². The summed E-state index contributed by atoms with van der Waals surface area (Å²) >= 11 is 11.5. The van der Waals surface area contributed by atoms with Crippen LogP contribution in [-0.4, -0.2) is 56.9 Å². The molecule has 0 unspecified atom stereocenters. The van der Waals surface area contributed by atoms with Crippen molar-refractivity contribution in [3.05, 3.63) is 58.6 Å². The fraction of sp³-hybridized carbons (Fsp3) is 0.364. The van der Waals surface area contributed by atoms with Crippen LogP contribution in [-0.2, 0) is 14.3 Å². The molecule has 0 heterocycles. The van der Waals surface area contributed by atoms with Gasteiger partial charge in [-0.05, 0) is 70.4 Å². The lowest BCUT2D eigenvalue weighted by atomic mass is 10.3. The van der Waals surface area contributed by atoms with Crippen LogP contribution in [0.2, 0.25) is 10.0 Å². The molecule has 1 N–H and O–H groups in total. The lowest BCUT2D eigenvalue weighted by molar-refractivity contribution is -0.146. The molecule has 2 aromatic carbocycles. The highest BCUT2D eigenvalue weighted by Gasteiger charge is 2.05. The highest BCUT2D eigenvalue weighted by molar-refractivity contribution is 6.31. The Hall–Kier alpha value is -2.19. The van der Waals surface area contributed by atoms with Crippen LogP contribution in [0.15, 0.2) is 48.5 Å². The monoisotopic (exact) mass is 506 g/mol. The number of likely N-dealkylation sites (N-methyl/N-ethyl adjacent to an activating group) is 1. The summed E-state index contributed by atoms with van der Waals surface area (Å²) in [6.45, 7) is 4.56. The molecule has 0 aliphatic heterocycles. The number of benzene rings is 2. The maximum Gasteiger partial charge on any atom is 0.411 e. The Morgan fingerprint density at radius 3 is 2.25 bits per heavy atom. The molecule has 2 rings (SSSR count). The number of hydrogen-bond donors (Lipinski definition) is 1. The van der Waals surface area contributed by atoms with E-state index in [0.29, 0.717) is 34.6 Å².